The summed E-state index contributed by atoms with van der Waals surface area (Å²) in [6, 6.07) is 0.0642. The standard InChI is InChI=1S/C15H30N2OS/c1-5-8-13-15(18)17(9-6-7-10-19-4)14(16-13)11-12(2)3/h12-14,16H,5-11H2,1-4H3. The molecule has 1 saturated heterocycles. The van der Waals surface area contributed by atoms with E-state index in [4.69, 9.17) is 0 Å². The molecule has 1 N–H and O–H groups in total. The highest BCUT2D eigenvalue weighted by Crippen LogP contribution is 2.20. The fourth-order valence-electron chi connectivity index (χ4n) is 2.68. The molecule has 4 heteroatoms. The van der Waals surface area contributed by atoms with Crippen LogP contribution in [0.25, 0.3) is 0 Å². The second-order valence-electron chi connectivity index (χ2n) is 5.88. The Bertz CT molecular complexity index is 271. The first-order valence-electron chi connectivity index (χ1n) is 7.65. The molecule has 112 valence electrons. The van der Waals surface area contributed by atoms with Crippen LogP contribution in [0.2, 0.25) is 0 Å². The maximum Gasteiger partial charge on any atom is 0.241 e. The first-order valence-corrected chi connectivity index (χ1v) is 9.05. The molecule has 0 radical (unpaired) electrons. The van der Waals surface area contributed by atoms with E-state index in [9.17, 15) is 4.79 Å². The first-order chi connectivity index (χ1) is 9.10. The number of hydrogen-bond donors (Lipinski definition) is 1. The van der Waals surface area contributed by atoms with Crippen LogP contribution in [0, 0.1) is 5.92 Å². The van der Waals surface area contributed by atoms with Crippen molar-refractivity contribution < 1.29 is 4.79 Å². The van der Waals surface area contributed by atoms with Gasteiger partial charge in [0.15, 0.2) is 0 Å². The smallest absolute Gasteiger partial charge is 0.241 e. The van der Waals surface area contributed by atoms with Gasteiger partial charge in [0.05, 0.1) is 12.2 Å². The minimum atomic E-state index is 0.0642. The lowest BCUT2D eigenvalue weighted by Crippen LogP contribution is -2.39. The maximum absolute atomic E-state index is 12.4. The molecule has 2 atom stereocenters. The molecular formula is C15H30N2OS. The average molecular weight is 286 g/mol. The highest BCUT2D eigenvalue weighted by molar-refractivity contribution is 7.98. The van der Waals surface area contributed by atoms with Crippen LogP contribution in [0.5, 0.6) is 0 Å². The molecule has 1 aliphatic heterocycles. The second kappa shape index (κ2) is 8.85. The van der Waals surface area contributed by atoms with Gasteiger partial charge in [-0.05, 0) is 43.6 Å². The van der Waals surface area contributed by atoms with Gasteiger partial charge in [0.1, 0.15) is 0 Å². The van der Waals surface area contributed by atoms with Crippen molar-refractivity contribution in [3.63, 3.8) is 0 Å². The lowest BCUT2D eigenvalue weighted by molar-refractivity contribution is -0.130. The molecule has 19 heavy (non-hydrogen) atoms. The lowest BCUT2D eigenvalue weighted by Gasteiger charge is -2.25. The van der Waals surface area contributed by atoms with E-state index < -0.39 is 0 Å². The van der Waals surface area contributed by atoms with Crippen LogP contribution in [0.3, 0.4) is 0 Å². The summed E-state index contributed by atoms with van der Waals surface area (Å²) in [6.07, 6.45) is 7.83. The number of thioether (sulfide) groups is 1. The summed E-state index contributed by atoms with van der Waals surface area (Å²) in [5, 5.41) is 3.54. The van der Waals surface area contributed by atoms with Gasteiger partial charge in [-0.3, -0.25) is 10.1 Å². The number of hydrogen-bond acceptors (Lipinski definition) is 3. The lowest BCUT2D eigenvalue weighted by atomic mass is 10.1. The molecule has 0 aromatic heterocycles. The van der Waals surface area contributed by atoms with Crippen molar-refractivity contribution >= 4 is 17.7 Å². The van der Waals surface area contributed by atoms with Gasteiger partial charge >= 0.3 is 0 Å². The summed E-state index contributed by atoms with van der Waals surface area (Å²) in [4.78, 5) is 14.5. The van der Waals surface area contributed by atoms with E-state index >= 15 is 0 Å². The van der Waals surface area contributed by atoms with Crippen LogP contribution in [0.15, 0.2) is 0 Å². The third-order valence-electron chi connectivity index (χ3n) is 3.62. The summed E-state index contributed by atoms with van der Waals surface area (Å²) in [7, 11) is 0. The van der Waals surface area contributed by atoms with Gasteiger partial charge in [-0.25, -0.2) is 0 Å². The summed E-state index contributed by atoms with van der Waals surface area (Å²) in [5.41, 5.74) is 0. The van der Waals surface area contributed by atoms with Crippen LogP contribution in [-0.2, 0) is 4.79 Å². The zero-order chi connectivity index (χ0) is 14.3. The van der Waals surface area contributed by atoms with Gasteiger partial charge in [-0.15, -0.1) is 0 Å². The molecule has 3 nitrogen and oxygen atoms in total. The number of carbonyl (C=O) groups is 1. The molecular weight excluding hydrogens is 256 g/mol. The first kappa shape index (κ1) is 16.8. The maximum atomic E-state index is 12.4. The summed E-state index contributed by atoms with van der Waals surface area (Å²) < 4.78 is 0. The van der Waals surface area contributed by atoms with E-state index in [-0.39, 0.29) is 12.2 Å². The molecule has 2 unspecified atom stereocenters. The van der Waals surface area contributed by atoms with Crippen LogP contribution >= 0.6 is 11.8 Å². The van der Waals surface area contributed by atoms with Gasteiger partial charge in [-0.2, -0.15) is 11.8 Å². The minimum absolute atomic E-state index is 0.0642. The van der Waals surface area contributed by atoms with Crippen molar-refractivity contribution in [2.45, 2.75) is 65.1 Å². The minimum Gasteiger partial charge on any atom is -0.326 e. The zero-order valence-electron chi connectivity index (χ0n) is 12.9. The number of nitrogens with zero attached hydrogens (tertiary/aromatic N) is 1. The molecule has 0 bridgehead atoms. The van der Waals surface area contributed by atoms with Crippen molar-refractivity contribution in [1.82, 2.24) is 10.2 Å². The van der Waals surface area contributed by atoms with Gasteiger partial charge in [-0.1, -0.05) is 27.2 Å². The third kappa shape index (κ3) is 5.35. The van der Waals surface area contributed by atoms with Gasteiger partial charge in [0, 0.05) is 6.54 Å². The fraction of sp³-hybridized carbons (Fsp3) is 0.933. The van der Waals surface area contributed by atoms with Crippen LogP contribution in [0.1, 0.15) is 52.9 Å². The third-order valence-corrected chi connectivity index (χ3v) is 4.32. The molecule has 1 aliphatic rings. The van der Waals surface area contributed by atoms with Crippen LogP contribution in [0.4, 0.5) is 0 Å². The summed E-state index contributed by atoms with van der Waals surface area (Å²) >= 11 is 1.89. The van der Waals surface area contributed by atoms with Crippen molar-refractivity contribution in [2.75, 3.05) is 18.6 Å². The Morgan fingerprint density at radius 1 is 1.37 bits per heavy atom. The number of carbonyl (C=O) groups excluding carboxylic acids is 1. The molecule has 0 aromatic rings. The molecule has 1 amide bonds. The summed E-state index contributed by atoms with van der Waals surface area (Å²) in [6.45, 7) is 7.52. The van der Waals surface area contributed by atoms with Crippen molar-refractivity contribution in [3.05, 3.63) is 0 Å². The molecule has 0 saturated carbocycles. The summed E-state index contributed by atoms with van der Waals surface area (Å²) in [5.74, 6) is 2.15. The predicted octanol–water partition coefficient (Wildman–Crippen LogP) is 3.10. The molecule has 1 heterocycles. The van der Waals surface area contributed by atoms with Gasteiger partial charge in [0.25, 0.3) is 0 Å². The Morgan fingerprint density at radius 3 is 2.68 bits per heavy atom. The van der Waals surface area contributed by atoms with E-state index in [1.165, 1.54) is 12.2 Å². The Morgan fingerprint density at radius 2 is 2.11 bits per heavy atom. The van der Waals surface area contributed by atoms with Crippen molar-refractivity contribution in [1.29, 1.82) is 0 Å². The monoisotopic (exact) mass is 286 g/mol. The highest BCUT2D eigenvalue weighted by Gasteiger charge is 2.37. The van der Waals surface area contributed by atoms with Crippen molar-refractivity contribution in [2.24, 2.45) is 5.92 Å². The molecule has 0 aromatic carbocycles. The largest absolute Gasteiger partial charge is 0.326 e. The van der Waals surface area contributed by atoms with E-state index in [2.05, 4.69) is 37.2 Å². The topological polar surface area (TPSA) is 32.3 Å². The van der Waals surface area contributed by atoms with E-state index in [0.717, 1.165) is 32.2 Å². The van der Waals surface area contributed by atoms with Gasteiger partial charge in [0.2, 0.25) is 5.91 Å². The van der Waals surface area contributed by atoms with Crippen LogP contribution < -0.4 is 5.32 Å². The fourth-order valence-corrected chi connectivity index (χ4v) is 3.17. The van der Waals surface area contributed by atoms with E-state index in [1.54, 1.807) is 0 Å². The second-order valence-corrected chi connectivity index (χ2v) is 6.87. The van der Waals surface area contributed by atoms with E-state index in [0.29, 0.717) is 11.8 Å². The molecule has 1 rings (SSSR count). The number of nitrogens with one attached hydrogen (secondary N) is 1. The highest BCUT2D eigenvalue weighted by atomic mass is 32.2. The Labute approximate surface area is 122 Å². The van der Waals surface area contributed by atoms with Crippen molar-refractivity contribution in [3.8, 4) is 0 Å². The molecule has 0 aliphatic carbocycles. The zero-order valence-corrected chi connectivity index (χ0v) is 13.8. The average Bonchev–Trinajstić information content (AvgIpc) is 2.62. The Hall–Kier alpha value is -0.220. The predicted molar refractivity (Wildman–Crippen MR) is 84.4 cm³/mol. The molecule has 0 spiro atoms. The number of rotatable bonds is 9. The molecule has 1 fully saturated rings. The Balaban J connectivity index is 2.52. The quantitative estimate of drug-likeness (QED) is 0.661. The van der Waals surface area contributed by atoms with E-state index in [1.807, 2.05) is 11.8 Å². The SMILES string of the molecule is CCCC1NC(CC(C)C)N(CCCCSC)C1=O. The Kier molecular flexibility index (Phi) is 7.84. The number of unbranched alkanes of at least 4 members (excludes halogenated alkanes) is 1. The van der Waals surface area contributed by atoms with Crippen LogP contribution in [-0.4, -0.2) is 41.6 Å². The number of amides is 1. The van der Waals surface area contributed by atoms with Gasteiger partial charge < -0.3 is 4.90 Å². The normalized spacial score (nSPS) is 23.6.